The van der Waals surface area contributed by atoms with Crippen LogP contribution in [-0.2, 0) is 0 Å². The van der Waals surface area contributed by atoms with Gasteiger partial charge in [-0.15, -0.1) is 10.2 Å². The summed E-state index contributed by atoms with van der Waals surface area (Å²) in [4.78, 5) is 19.5. The first-order valence-electron chi connectivity index (χ1n) is 10.1. The van der Waals surface area contributed by atoms with Gasteiger partial charge in [0.15, 0.2) is 0 Å². The van der Waals surface area contributed by atoms with Crippen LogP contribution in [0.3, 0.4) is 0 Å². The zero-order valence-corrected chi connectivity index (χ0v) is 17.2. The number of fused-ring (bicyclic) bond motifs is 3. The van der Waals surface area contributed by atoms with E-state index in [0.29, 0.717) is 5.82 Å². The minimum Gasteiger partial charge on any atom is -0.328 e. The second-order valence-electron chi connectivity index (χ2n) is 8.07. The largest absolute Gasteiger partial charge is 0.328 e. The minimum atomic E-state index is -0.0608. The van der Waals surface area contributed by atoms with Crippen molar-refractivity contribution in [2.24, 2.45) is 5.73 Å². The van der Waals surface area contributed by atoms with Crippen LogP contribution < -0.4 is 11.1 Å². The number of hydrogen-bond acceptors (Lipinski definition) is 6. The molecule has 0 spiro atoms. The first-order valence-corrected chi connectivity index (χ1v) is 10.9. The highest BCUT2D eigenvalue weighted by Crippen LogP contribution is 2.34. The summed E-state index contributed by atoms with van der Waals surface area (Å²) in [5.74, 6) is 0.570. The van der Waals surface area contributed by atoms with Crippen LogP contribution in [-0.4, -0.2) is 44.2 Å². The number of pyridine rings is 1. The molecule has 1 aromatic carbocycles. The van der Waals surface area contributed by atoms with Gasteiger partial charge in [0.25, 0.3) is 0 Å². The Morgan fingerprint density at radius 3 is 2.69 bits per heavy atom. The molecule has 0 radical (unpaired) electrons. The fourth-order valence-corrected chi connectivity index (χ4v) is 5.37. The van der Waals surface area contributed by atoms with E-state index < -0.39 is 0 Å². The van der Waals surface area contributed by atoms with Crippen LogP contribution in [0.1, 0.15) is 37.1 Å². The SMILES string of the molecule is Cc1nnc(-c2ccc3cnc(NC(=O)N4[C@@H]5CCC[C@H]4C[C@@H](N)C5)cc3c2)s1. The van der Waals surface area contributed by atoms with E-state index in [4.69, 9.17) is 5.73 Å². The molecule has 5 rings (SSSR count). The van der Waals surface area contributed by atoms with E-state index in [1.807, 2.05) is 30.0 Å². The van der Waals surface area contributed by atoms with E-state index in [0.717, 1.165) is 52.0 Å². The van der Waals surface area contributed by atoms with Crippen LogP contribution in [0.4, 0.5) is 10.6 Å². The topological polar surface area (TPSA) is 97.0 Å². The number of hydrogen-bond donors (Lipinski definition) is 2. The number of aromatic nitrogens is 3. The summed E-state index contributed by atoms with van der Waals surface area (Å²) in [6.45, 7) is 1.95. The Hall–Kier alpha value is -2.58. The van der Waals surface area contributed by atoms with Gasteiger partial charge in [-0.1, -0.05) is 23.5 Å². The molecule has 8 heteroatoms. The number of aryl methyl sites for hydroxylation is 1. The summed E-state index contributed by atoms with van der Waals surface area (Å²) >= 11 is 1.57. The van der Waals surface area contributed by atoms with Crippen molar-refractivity contribution in [2.45, 2.75) is 57.2 Å². The number of anilines is 1. The fourth-order valence-electron chi connectivity index (χ4n) is 4.68. The summed E-state index contributed by atoms with van der Waals surface area (Å²) < 4.78 is 0. The predicted molar refractivity (Wildman–Crippen MR) is 115 cm³/mol. The minimum absolute atomic E-state index is 0.0608. The van der Waals surface area contributed by atoms with E-state index >= 15 is 0 Å². The number of nitrogens with one attached hydrogen (secondary N) is 1. The number of rotatable bonds is 2. The second-order valence-corrected chi connectivity index (χ2v) is 9.25. The van der Waals surface area contributed by atoms with Crippen LogP contribution in [0.2, 0.25) is 0 Å². The van der Waals surface area contributed by atoms with Crippen LogP contribution in [0.15, 0.2) is 30.5 Å². The summed E-state index contributed by atoms with van der Waals surface area (Å²) in [5.41, 5.74) is 7.21. The number of carbonyl (C=O) groups is 1. The average molecular weight is 409 g/mol. The van der Waals surface area contributed by atoms with Crippen LogP contribution in [0, 0.1) is 6.92 Å². The van der Waals surface area contributed by atoms with Crippen molar-refractivity contribution in [1.29, 1.82) is 0 Å². The van der Waals surface area contributed by atoms with E-state index in [1.54, 1.807) is 17.5 Å². The van der Waals surface area contributed by atoms with E-state index in [9.17, 15) is 4.79 Å². The normalized spacial score (nSPS) is 23.9. The van der Waals surface area contributed by atoms with Gasteiger partial charge in [-0.2, -0.15) is 0 Å². The zero-order valence-electron chi connectivity index (χ0n) is 16.3. The van der Waals surface area contributed by atoms with Crippen molar-refractivity contribution in [3.63, 3.8) is 0 Å². The van der Waals surface area contributed by atoms with Crippen molar-refractivity contribution >= 4 is 34.0 Å². The van der Waals surface area contributed by atoms with Crippen molar-refractivity contribution in [2.75, 3.05) is 5.32 Å². The number of urea groups is 1. The van der Waals surface area contributed by atoms with Gasteiger partial charge >= 0.3 is 6.03 Å². The van der Waals surface area contributed by atoms with Crippen molar-refractivity contribution in [1.82, 2.24) is 20.1 Å². The molecular formula is C21H24N6OS. The monoisotopic (exact) mass is 408 g/mol. The first-order chi connectivity index (χ1) is 14.1. The van der Waals surface area contributed by atoms with Gasteiger partial charge in [-0.25, -0.2) is 9.78 Å². The molecule has 0 unspecified atom stereocenters. The summed E-state index contributed by atoms with van der Waals surface area (Å²) in [6, 6.07) is 8.68. The van der Waals surface area contributed by atoms with Gasteiger partial charge in [-0.05, 0) is 56.5 Å². The summed E-state index contributed by atoms with van der Waals surface area (Å²) in [7, 11) is 0. The highest BCUT2D eigenvalue weighted by atomic mass is 32.1. The Bertz CT molecular complexity index is 1050. The Balaban J connectivity index is 1.39. The Morgan fingerprint density at radius 1 is 1.17 bits per heavy atom. The molecule has 29 heavy (non-hydrogen) atoms. The van der Waals surface area contributed by atoms with Gasteiger partial charge in [0.05, 0.1) is 0 Å². The lowest BCUT2D eigenvalue weighted by Crippen LogP contribution is -2.58. The lowest BCUT2D eigenvalue weighted by atomic mass is 9.82. The number of nitrogens with zero attached hydrogens (tertiary/aromatic N) is 4. The third-order valence-corrected chi connectivity index (χ3v) is 6.86. The number of amides is 2. The quantitative estimate of drug-likeness (QED) is 0.669. The van der Waals surface area contributed by atoms with Crippen LogP contribution in [0.25, 0.3) is 21.3 Å². The molecule has 2 aliphatic heterocycles. The number of carbonyl (C=O) groups excluding carboxylic acids is 1. The second kappa shape index (κ2) is 7.35. The molecule has 4 heterocycles. The molecule has 2 aromatic heterocycles. The van der Waals surface area contributed by atoms with E-state index in [2.05, 4.69) is 26.6 Å². The smallest absolute Gasteiger partial charge is 0.323 e. The first kappa shape index (κ1) is 18.4. The van der Waals surface area contributed by atoms with Gasteiger partial charge in [0.2, 0.25) is 0 Å². The van der Waals surface area contributed by atoms with Crippen LogP contribution >= 0.6 is 11.3 Å². The molecule has 0 aliphatic carbocycles. The molecular weight excluding hydrogens is 384 g/mol. The molecule has 2 fully saturated rings. The highest BCUT2D eigenvalue weighted by molar-refractivity contribution is 7.14. The maximum atomic E-state index is 13.0. The van der Waals surface area contributed by atoms with Gasteiger partial charge in [0.1, 0.15) is 15.8 Å². The van der Waals surface area contributed by atoms with Crippen molar-refractivity contribution in [3.05, 3.63) is 35.5 Å². The third kappa shape index (κ3) is 3.58. The van der Waals surface area contributed by atoms with E-state index in [1.165, 1.54) is 6.42 Å². The zero-order chi connectivity index (χ0) is 20.0. The summed E-state index contributed by atoms with van der Waals surface area (Å²) in [5, 5.41) is 15.2. The van der Waals surface area contributed by atoms with Gasteiger partial charge < -0.3 is 10.6 Å². The van der Waals surface area contributed by atoms with Gasteiger partial charge in [-0.3, -0.25) is 5.32 Å². The maximum Gasteiger partial charge on any atom is 0.323 e. The Morgan fingerprint density at radius 2 is 1.97 bits per heavy atom. The Labute approximate surface area is 173 Å². The molecule has 3 N–H and O–H groups in total. The van der Waals surface area contributed by atoms with Crippen molar-refractivity contribution in [3.8, 4) is 10.6 Å². The molecule has 3 atom stereocenters. The lowest BCUT2D eigenvalue weighted by molar-refractivity contribution is 0.0692. The number of piperidine rings is 2. The molecule has 2 saturated heterocycles. The Kier molecular flexibility index (Phi) is 4.67. The van der Waals surface area contributed by atoms with Gasteiger partial charge in [0, 0.05) is 35.3 Å². The molecule has 2 bridgehead atoms. The third-order valence-electron chi connectivity index (χ3n) is 5.98. The highest BCUT2D eigenvalue weighted by Gasteiger charge is 2.39. The number of benzene rings is 1. The predicted octanol–water partition coefficient (Wildman–Crippen LogP) is 3.94. The molecule has 2 amide bonds. The van der Waals surface area contributed by atoms with Crippen molar-refractivity contribution < 1.29 is 4.79 Å². The molecule has 0 saturated carbocycles. The standard InChI is InChI=1S/C21H24N6OS/c1-12-25-26-20(29-12)13-5-6-14-11-23-19(8-15(14)7-13)24-21(28)27-17-3-2-4-18(27)10-16(22)9-17/h5-8,11,16-18H,2-4,9-10,22H2,1H3,(H,23,24,28)/t16-,17+,18-. The molecule has 7 nitrogen and oxygen atoms in total. The van der Waals surface area contributed by atoms with Crippen LogP contribution in [0.5, 0.6) is 0 Å². The lowest BCUT2D eigenvalue weighted by Gasteiger charge is -2.47. The molecule has 2 aliphatic rings. The van der Waals surface area contributed by atoms with E-state index in [-0.39, 0.29) is 24.2 Å². The fraction of sp³-hybridized carbons (Fsp3) is 0.429. The summed E-state index contributed by atoms with van der Waals surface area (Å²) in [6.07, 6.45) is 6.82. The maximum absolute atomic E-state index is 13.0. The number of nitrogens with two attached hydrogens (primary N) is 1. The molecule has 3 aromatic rings. The molecule has 150 valence electrons. The average Bonchev–Trinajstić information content (AvgIpc) is 3.13.